The van der Waals surface area contributed by atoms with E-state index in [0.717, 1.165) is 6.42 Å². The summed E-state index contributed by atoms with van der Waals surface area (Å²) >= 11 is 0. The van der Waals surface area contributed by atoms with E-state index in [-0.39, 0.29) is 30.7 Å². The number of rotatable bonds is 3. The maximum atomic E-state index is 11.7. The highest BCUT2D eigenvalue weighted by Crippen LogP contribution is 2.27. The standard InChI is InChI=1S/C14H21N3O4/c1-14(2,3)12(18)20-8-9-4-5-11(21-9)17-7-6-10(15)16-13(17)19/h6-7,9,11H,4-5,8H2,1-3H3,(H2,15,16,19)/t9-,11+/m0/s1. The highest BCUT2D eigenvalue weighted by atomic mass is 16.6. The van der Waals surface area contributed by atoms with Gasteiger partial charge in [0.05, 0.1) is 11.5 Å². The first-order valence-corrected chi connectivity index (χ1v) is 6.95. The number of ether oxygens (including phenoxy) is 2. The van der Waals surface area contributed by atoms with Crippen molar-refractivity contribution in [2.24, 2.45) is 5.41 Å². The first-order valence-electron chi connectivity index (χ1n) is 6.95. The average molecular weight is 295 g/mol. The monoisotopic (exact) mass is 295 g/mol. The van der Waals surface area contributed by atoms with E-state index < -0.39 is 11.1 Å². The molecular formula is C14H21N3O4. The van der Waals surface area contributed by atoms with Gasteiger partial charge in [0.15, 0.2) is 0 Å². The zero-order valence-electron chi connectivity index (χ0n) is 12.5. The van der Waals surface area contributed by atoms with Crippen molar-refractivity contribution in [2.75, 3.05) is 12.3 Å². The zero-order chi connectivity index (χ0) is 15.6. The fourth-order valence-corrected chi connectivity index (χ4v) is 2.04. The van der Waals surface area contributed by atoms with Gasteiger partial charge in [0.2, 0.25) is 0 Å². The number of carbonyl (C=O) groups excluding carboxylic acids is 1. The van der Waals surface area contributed by atoms with Crippen molar-refractivity contribution < 1.29 is 14.3 Å². The Labute approximate surface area is 123 Å². The van der Waals surface area contributed by atoms with Gasteiger partial charge in [0.25, 0.3) is 0 Å². The molecule has 1 aliphatic rings. The second kappa shape index (κ2) is 5.85. The summed E-state index contributed by atoms with van der Waals surface area (Å²) in [4.78, 5) is 27.1. The predicted octanol–water partition coefficient (Wildman–Crippen LogP) is 1.09. The van der Waals surface area contributed by atoms with E-state index in [4.69, 9.17) is 15.2 Å². The molecule has 21 heavy (non-hydrogen) atoms. The van der Waals surface area contributed by atoms with Gasteiger partial charge in [-0.15, -0.1) is 0 Å². The molecule has 0 unspecified atom stereocenters. The van der Waals surface area contributed by atoms with E-state index >= 15 is 0 Å². The highest BCUT2D eigenvalue weighted by Gasteiger charge is 2.30. The number of esters is 1. The smallest absolute Gasteiger partial charge is 0.351 e. The summed E-state index contributed by atoms with van der Waals surface area (Å²) in [6.45, 7) is 5.59. The number of carbonyl (C=O) groups is 1. The van der Waals surface area contributed by atoms with Crippen LogP contribution < -0.4 is 11.4 Å². The van der Waals surface area contributed by atoms with E-state index in [1.54, 1.807) is 33.0 Å². The molecule has 2 heterocycles. The molecule has 1 fully saturated rings. The fourth-order valence-electron chi connectivity index (χ4n) is 2.04. The summed E-state index contributed by atoms with van der Waals surface area (Å²) in [7, 11) is 0. The molecule has 0 saturated carbocycles. The number of hydrogen-bond donors (Lipinski definition) is 1. The Hall–Kier alpha value is -1.89. The lowest BCUT2D eigenvalue weighted by Gasteiger charge is -2.19. The summed E-state index contributed by atoms with van der Waals surface area (Å²) in [5, 5.41) is 0. The minimum Gasteiger partial charge on any atom is -0.463 e. The van der Waals surface area contributed by atoms with Crippen molar-refractivity contribution in [3.63, 3.8) is 0 Å². The average Bonchev–Trinajstić information content (AvgIpc) is 2.83. The minimum atomic E-state index is -0.532. The van der Waals surface area contributed by atoms with Gasteiger partial charge in [-0.05, 0) is 39.7 Å². The minimum absolute atomic E-state index is 0.185. The van der Waals surface area contributed by atoms with Gasteiger partial charge < -0.3 is 15.2 Å². The Bertz CT molecular complexity index is 576. The zero-order valence-corrected chi connectivity index (χ0v) is 12.5. The van der Waals surface area contributed by atoms with Gasteiger partial charge in [-0.2, -0.15) is 4.98 Å². The second-order valence-electron chi connectivity index (χ2n) is 6.18. The number of nitrogens with zero attached hydrogens (tertiary/aromatic N) is 2. The van der Waals surface area contributed by atoms with E-state index in [1.165, 1.54) is 4.57 Å². The molecule has 0 amide bonds. The van der Waals surface area contributed by atoms with Gasteiger partial charge in [-0.1, -0.05) is 0 Å². The first kappa shape index (κ1) is 15.5. The van der Waals surface area contributed by atoms with E-state index in [1.807, 2.05) is 0 Å². The molecule has 7 nitrogen and oxygen atoms in total. The van der Waals surface area contributed by atoms with Crippen LogP contribution >= 0.6 is 0 Å². The molecule has 0 spiro atoms. The third kappa shape index (κ3) is 3.81. The summed E-state index contributed by atoms with van der Waals surface area (Å²) in [5.74, 6) is -0.0780. The number of hydrogen-bond acceptors (Lipinski definition) is 6. The van der Waals surface area contributed by atoms with Gasteiger partial charge >= 0.3 is 11.7 Å². The number of anilines is 1. The number of nitrogen functional groups attached to an aromatic ring is 1. The molecule has 1 aliphatic heterocycles. The largest absolute Gasteiger partial charge is 0.463 e. The Morgan fingerprint density at radius 3 is 2.86 bits per heavy atom. The summed E-state index contributed by atoms with van der Waals surface area (Å²) in [6.07, 6.45) is 2.37. The van der Waals surface area contributed by atoms with Crippen molar-refractivity contribution in [1.82, 2.24) is 9.55 Å². The van der Waals surface area contributed by atoms with E-state index in [9.17, 15) is 9.59 Å². The molecule has 0 aliphatic carbocycles. The van der Waals surface area contributed by atoms with Crippen LogP contribution in [0.1, 0.15) is 39.8 Å². The molecule has 2 atom stereocenters. The van der Waals surface area contributed by atoms with Crippen molar-refractivity contribution in [1.29, 1.82) is 0 Å². The molecule has 0 aromatic carbocycles. The quantitative estimate of drug-likeness (QED) is 0.839. The molecule has 2 N–H and O–H groups in total. The molecule has 1 aromatic rings. The maximum Gasteiger partial charge on any atom is 0.351 e. The molecule has 0 bridgehead atoms. The summed E-state index contributed by atoms with van der Waals surface area (Å²) < 4.78 is 12.4. The maximum absolute atomic E-state index is 11.7. The lowest BCUT2D eigenvalue weighted by Crippen LogP contribution is -2.29. The van der Waals surface area contributed by atoms with E-state index in [2.05, 4.69) is 4.98 Å². The summed E-state index contributed by atoms with van der Waals surface area (Å²) in [6, 6.07) is 1.55. The molecule has 0 radical (unpaired) electrons. The van der Waals surface area contributed by atoms with Crippen molar-refractivity contribution in [3.05, 3.63) is 22.7 Å². The summed E-state index contributed by atoms with van der Waals surface area (Å²) in [5.41, 5.74) is 4.48. The normalized spacial score (nSPS) is 22.2. The highest BCUT2D eigenvalue weighted by molar-refractivity contribution is 5.75. The van der Waals surface area contributed by atoms with Crippen LogP contribution in [0.3, 0.4) is 0 Å². The van der Waals surface area contributed by atoms with Crippen molar-refractivity contribution in [3.8, 4) is 0 Å². The molecule has 7 heteroatoms. The predicted molar refractivity (Wildman–Crippen MR) is 76.5 cm³/mol. The topological polar surface area (TPSA) is 96.4 Å². The van der Waals surface area contributed by atoms with Gasteiger partial charge in [-0.25, -0.2) is 4.79 Å². The van der Waals surface area contributed by atoms with Crippen LogP contribution in [0.15, 0.2) is 17.1 Å². The lowest BCUT2D eigenvalue weighted by molar-refractivity contribution is -0.157. The molecule has 2 rings (SSSR count). The van der Waals surface area contributed by atoms with Crippen LogP contribution in [0.2, 0.25) is 0 Å². The van der Waals surface area contributed by atoms with Gasteiger partial charge in [-0.3, -0.25) is 9.36 Å². The van der Waals surface area contributed by atoms with Crippen LogP contribution in [0.5, 0.6) is 0 Å². The third-order valence-corrected chi connectivity index (χ3v) is 3.26. The molecule has 116 valence electrons. The van der Waals surface area contributed by atoms with Gasteiger partial charge in [0, 0.05) is 6.20 Å². The van der Waals surface area contributed by atoms with Crippen LogP contribution in [-0.4, -0.2) is 28.2 Å². The van der Waals surface area contributed by atoms with Crippen molar-refractivity contribution >= 4 is 11.8 Å². The van der Waals surface area contributed by atoms with Crippen LogP contribution in [-0.2, 0) is 14.3 Å². The SMILES string of the molecule is CC(C)(C)C(=O)OC[C@@H]1CC[C@H](n2ccc(N)nc2=O)O1. The van der Waals surface area contributed by atoms with Crippen LogP contribution in [0.4, 0.5) is 5.82 Å². The lowest BCUT2D eigenvalue weighted by atomic mass is 9.97. The van der Waals surface area contributed by atoms with E-state index in [0.29, 0.717) is 6.42 Å². The van der Waals surface area contributed by atoms with Crippen molar-refractivity contribution in [2.45, 2.75) is 45.9 Å². The number of aromatic nitrogens is 2. The Kier molecular flexibility index (Phi) is 4.32. The number of nitrogens with two attached hydrogens (primary N) is 1. The van der Waals surface area contributed by atoms with Crippen LogP contribution in [0.25, 0.3) is 0 Å². The molecular weight excluding hydrogens is 274 g/mol. The first-order chi connectivity index (χ1) is 9.77. The second-order valence-corrected chi connectivity index (χ2v) is 6.18. The molecule has 1 aromatic heterocycles. The third-order valence-electron chi connectivity index (χ3n) is 3.26. The Balaban J connectivity index is 1.92. The Morgan fingerprint density at radius 2 is 2.24 bits per heavy atom. The van der Waals surface area contributed by atoms with Crippen LogP contribution in [0, 0.1) is 5.41 Å². The fraction of sp³-hybridized carbons (Fsp3) is 0.643. The Morgan fingerprint density at radius 1 is 1.52 bits per heavy atom. The molecule has 1 saturated heterocycles. The van der Waals surface area contributed by atoms with Gasteiger partial charge in [0.1, 0.15) is 18.7 Å².